The van der Waals surface area contributed by atoms with Crippen LogP contribution in [0.5, 0.6) is 5.75 Å². The molecule has 0 amide bonds. The molecule has 0 saturated heterocycles. The van der Waals surface area contributed by atoms with Crippen molar-refractivity contribution in [3.63, 3.8) is 0 Å². The molecule has 1 atom stereocenters. The van der Waals surface area contributed by atoms with E-state index in [0.29, 0.717) is 10.8 Å². The number of para-hydroxylation sites is 1. The molecule has 0 aliphatic carbocycles. The molecule has 0 aliphatic rings. The Morgan fingerprint density at radius 2 is 2.19 bits per heavy atom. The van der Waals surface area contributed by atoms with E-state index in [1.807, 2.05) is 22.6 Å². The van der Waals surface area contributed by atoms with Crippen LogP contribution in [-0.2, 0) is 9.53 Å². The van der Waals surface area contributed by atoms with E-state index in [-0.39, 0.29) is 0 Å². The van der Waals surface area contributed by atoms with Crippen molar-refractivity contribution >= 4 is 40.2 Å². The van der Waals surface area contributed by atoms with Crippen LogP contribution in [0.15, 0.2) is 24.3 Å². The molecule has 0 bridgehead atoms. The monoisotopic (exact) mass is 350 g/mol. The number of carbonyl (C=O) groups is 1. The van der Waals surface area contributed by atoms with Gasteiger partial charge >= 0.3 is 12.3 Å². The molecule has 1 aromatic rings. The predicted octanol–water partition coefficient (Wildman–Crippen LogP) is 3.00. The summed E-state index contributed by atoms with van der Waals surface area (Å²) in [6, 6.07) is 6.90. The maximum absolute atomic E-state index is 10.8. The largest absolute Gasteiger partial charge is 0.442 e. The maximum atomic E-state index is 10.8. The minimum absolute atomic E-state index is 0.426. The smallest absolute Gasteiger partial charge is 0.309 e. The molecule has 1 rings (SSSR count). The van der Waals surface area contributed by atoms with Gasteiger partial charge in [0.15, 0.2) is 0 Å². The molecule has 0 spiro atoms. The molecule has 0 aromatic heterocycles. The summed E-state index contributed by atoms with van der Waals surface area (Å²) in [6.45, 7) is 1.29. The quantitative estimate of drug-likeness (QED) is 0.364. The predicted molar refractivity (Wildman–Crippen MR) is 69.4 cm³/mol. The Morgan fingerprint density at radius 3 is 2.75 bits per heavy atom. The second kappa shape index (κ2) is 6.61. The van der Waals surface area contributed by atoms with Gasteiger partial charge in [-0.1, -0.05) is 23.7 Å². The maximum Gasteiger partial charge on any atom is 0.309 e. The average Bonchev–Trinajstić information content (AvgIpc) is 2.21. The van der Waals surface area contributed by atoms with Crippen LogP contribution >= 0.6 is 34.2 Å². The van der Waals surface area contributed by atoms with Crippen LogP contribution in [0.2, 0.25) is 5.02 Å². The van der Waals surface area contributed by atoms with Crippen LogP contribution in [-0.4, -0.2) is 12.3 Å². The number of carbonyl (C=O) groups excluding carboxylic acids is 1. The third-order valence-electron chi connectivity index (χ3n) is 1.52. The van der Waals surface area contributed by atoms with E-state index in [1.165, 1.54) is 6.92 Å². The first-order chi connectivity index (χ1) is 7.63. The fraction of sp³-hybridized carbons (Fsp3) is 0.182. The summed E-state index contributed by atoms with van der Waals surface area (Å²) in [6.07, 6.45) is -0.936. The highest BCUT2D eigenvalue weighted by Gasteiger charge is 2.11. The van der Waals surface area contributed by atoms with Gasteiger partial charge in [0.2, 0.25) is 0 Å². The van der Waals surface area contributed by atoms with E-state index in [1.54, 1.807) is 24.3 Å². The number of ether oxygens (including phenoxy) is 2. The lowest BCUT2D eigenvalue weighted by Gasteiger charge is -2.13. The zero-order chi connectivity index (χ0) is 12.0. The Balaban J connectivity index is 2.78. The Kier molecular flexibility index (Phi) is 5.43. The molecule has 1 unspecified atom stereocenters. The summed E-state index contributed by atoms with van der Waals surface area (Å²) in [5.41, 5.74) is 0. The lowest BCUT2D eigenvalue weighted by molar-refractivity contribution is -0.153. The van der Waals surface area contributed by atoms with Crippen LogP contribution in [0, 0.1) is 9.85 Å². The summed E-state index contributed by atoms with van der Waals surface area (Å²) in [4.78, 5) is 10.8. The van der Waals surface area contributed by atoms with Crippen molar-refractivity contribution < 1.29 is 14.3 Å². The highest BCUT2D eigenvalue weighted by atomic mass is 127. The van der Waals surface area contributed by atoms with Crippen LogP contribution in [0.1, 0.15) is 6.92 Å². The van der Waals surface area contributed by atoms with Crippen molar-refractivity contribution in [3.05, 3.63) is 29.3 Å². The van der Waals surface area contributed by atoms with Crippen LogP contribution in [0.25, 0.3) is 0 Å². The molecule has 3 nitrogen and oxygen atoms in total. The van der Waals surface area contributed by atoms with E-state index in [9.17, 15) is 4.79 Å². The molecule has 0 fully saturated rings. The van der Waals surface area contributed by atoms with E-state index < -0.39 is 12.3 Å². The molecule has 0 saturated carbocycles. The van der Waals surface area contributed by atoms with E-state index in [0.717, 1.165) is 0 Å². The van der Waals surface area contributed by atoms with Crippen molar-refractivity contribution in [2.24, 2.45) is 0 Å². The van der Waals surface area contributed by atoms with Crippen molar-refractivity contribution in [1.29, 1.82) is 0 Å². The first-order valence-electron chi connectivity index (χ1n) is 4.33. The molecule has 1 aromatic carbocycles. The van der Waals surface area contributed by atoms with Gasteiger partial charge in [0.1, 0.15) is 5.75 Å². The summed E-state index contributed by atoms with van der Waals surface area (Å²) in [5.74, 6) is 2.57. The normalized spacial score (nSPS) is 10.9. The van der Waals surface area contributed by atoms with E-state index >= 15 is 0 Å². The molecular weight excluding hydrogens is 342 g/mol. The number of esters is 1. The van der Waals surface area contributed by atoms with Crippen molar-refractivity contribution in [3.8, 4) is 15.6 Å². The standard InChI is InChI=1S/C11H8ClIO3/c1-8(14)15-11(6-7-13)16-10-5-3-2-4-9(10)12/h2-5,11H,1H3. The van der Waals surface area contributed by atoms with Crippen LogP contribution in [0.4, 0.5) is 0 Å². The van der Waals surface area contributed by atoms with Gasteiger partial charge in [-0.2, -0.15) is 0 Å². The second-order valence-electron chi connectivity index (χ2n) is 2.73. The fourth-order valence-electron chi connectivity index (χ4n) is 0.934. The summed E-state index contributed by atoms with van der Waals surface area (Å²) >= 11 is 7.72. The van der Waals surface area contributed by atoms with Crippen LogP contribution < -0.4 is 4.74 Å². The zero-order valence-corrected chi connectivity index (χ0v) is 11.3. The molecule has 0 N–H and O–H groups in total. The Hall–Kier alpha value is -0.930. The topological polar surface area (TPSA) is 35.5 Å². The molecule has 0 aliphatic heterocycles. The number of hydrogen-bond donors (Lipinski definition) is 0. The SMILES string of the molecule is CC(=O)OC(C#CI)Oc1ccccc1Cl. The second-order valence-corrected chi connectivity index (χ2v) is 3.68. The van der Waals surface area contributed by atoms with Gasteiger partial charge in [-0.05, 0) is 22.0 Å². The lowest BCUT2D eigenvalue weighted by Crippen LogP contribution is -2.21. The third kappa shape index (κ3) is 4.29. The van der Waals surface area contributed by atoms with Crippen molar-refractivity contribution in [2.75, 3.05) is 0 Å². The first-order valence-corrected chi connectivity index (χ1v) is 5.78. The molecule has 5 heteroatoms. The van der Waals surface area contributed by atoms with Gasteiger partial charge in [-0.25, -0.2) is 0 Å². The fourth-order valence-corrected chi connectivity index (χ4v) is 1.37. The number of rotatable bonds is 3. The lowest BCUT2D eigenvalue weighted by atomic mass is 10.3. The van der Waals surface area contributed by atoms with E-state index in [4.69, 9.17) is 21.1 Å². The number of hydrogen-bond acceptors (Lipinski definition) is 3. The summed E-state index contributed by atoms with van der Waals surface area (Å²) < 4.78 is 12.8. The average molecular weight is 351 g/mol. The minimum Gasteiger partial charge on any atom is -0.442 e. The van der Waals surface area contributed by atoms with Gasteiger partial charge in [0.25, 0.3) is 0 Å². The van der Waals surface area contributed by atoms with Crippen molar-refractivity contribution in [2.45, 2.75) is 13.2 Å². The van der Waals surface area contributed by atoms with Crippen molar-refractivity contribution in [1.82, 2.24) is 0 Å². The zero-order valence-electron chi connectivity index (χ0n) is 8.37. The van der Waals surface area contributed by atoms with Gasteiger partial charge in [0.05, 0.1) is 5.02 Å². The minimum atomic E-state index is -0.936. The summed E-state index contributed by atoms with van der Waals surface area (Å²) in [5, 5.41) is 0.440. The number of halogens is 2. The Bertz CT molecular complexity index is 436. The molecule has 0 radical (unpaired) electrons. The molecule has 84 valence electrons. The Morgan fingerprint density at radius 1 is 1.50 bits per heavy atom. The van der Waals surface area contributed by atoms with Gasteiger partial charge in [0, 0.05) is 29.5 Å². The summed E-state index contributed by atoms with van der Waals surface area (Å²) in [7, 11) is 0. The van der Waals surface area contributed by atoms with Gasteiger partial charge in [-0.3, -0.25) is 4.79 Å². The first kappa shape index (κ1) is 13.1. The number of benzene rings is 1. The third-order valence-corrected chi connectivity index (χ3v) is 2.14. The van der Waals surface area contributed by atoms with Gasteiger partial charge in [-0.15, -0.1) is 0 Å². The molecular formula is C11H8ClIO3. The van der Waals surface area contributed by atoms with E-state index in [2.05, 4.69) is 9.85 Å². The van der Waals surface area contributed by atoms with Crippen LogP contribution in [0.3, 0.4) is 0 Å². The highest BCUT2D eigenvalue weighted by Crippen LogP contribution is 2.24. The molecule has 0 heterocycles. The molecule has 16 heavy (non-hydrogen) atoms. The highest BCUT2D eigenvalue weighted by molar-refractivity contribution is 14.1. The Labute approximate surface area is 112 Å². The van der Waals surface area contributed by atoms with Gasteiger partial charge < -0.3 is 9.47 Å².